The number of rotatable bonds is 7. The highest BCUT2D eigenvalue weighted by Gasteiger charge is 2.46. The van der Waals surface area contributed by atoms with Gasteiger partial charge in [-0.05, 0) is 30.2 Å². The molecule has 2 aromatic carbocycles. The number of aliphatic hydroxyl groups excluding tert-OH is 1. The summed E-state index contributed by atoms with van der Waals surface area (Å²) in [6, 6.07) is 9.41. The summed E-state index contributed by atoms with van der Waals surface area (Å²) in [4.78, 5) is 38.0. The molecule has 1 unspecified atom stereocenters. The summed E-state index contributed by atoms with van der Waals surface area (Å²) in [6.07, 6.45) is 0.443. The maximum absolute atomic E-state index is 13.0. The lowest BCUT2D eigenvalue weighted by Gasteiger charge is -2.25. The zero-order valence-corrected chi connectivity index (χ0v) is 17.9. The van der Waals surface area contributed by atoms with Gasteiger partial charge in [0.2, 0.25) is 0 Å². The number of nitrogens with zero attached hydrogens (tertiary/aromatic N) is 2. The minimum absolute atomic E-state index is 0.144. The van der Waals surface area contributed by atoms with Gasteiger partial charge in [0.05, 0.1) is 16.5 Å². The summed E-state index contributed by atoms with van der Waals surface area (Å²) in [6.45, 7) is 1.27. The van der Waals surface area contributed by atoms with E-state index in [-0.39, 0.29) is 23.4 Å². The highest BCUT2D eigenvalue weighted by Crippen LogP contribution is 2.41. The second-order valence-corrected chi connectivity index (χ2v) is 7.55. The average Bonchev–Trinajstić information content (AvgIpc) is 3.08. The molecule has 0 aliphatic carbocycles. The predicted octanol–water partition coefficient (Wildman–Crippen LogP) is 2.82. The number of Topliss-reactive ketones (excluding diaryl/α,β-unsaturated/α-hetero) is 1. The van der Waals surface area contributed by atoms with Crippen molar-refractivity contribution in [1.29, 1.82) is 0 Å². The molecule has 10 heteroatoms. The molecule has 0 aromatic heterocycles. The number of carbonyl (C=O) groups is 2. The molecule has 2 heterocycles. The van der Waals surface area contributed by atoms with Crippen LogP contribution in [0.15, 0.2) is 48.0 Å². The first kappa shape index (κ1) is 22.3. The fraction of sp³-hybridized carbons (Fsp3) is 0.304. The molecular formula is C23H22N2O8. The number of benzene rings is 2. The largest absolute Gasteiger partial charge is 0.507 e. The molecule has 2 aliphatic heterocycles. The molecule has 172 valence electrons. The van der Waals surface area contributed by atoms with Gasteiger partial charge in [-0.25, -0.2) is 0 Å². The van der Waals surface area contributed by atoms with Crippen LogP contribution >= 0.6 is 0 Å². The molecule has 1 fully saturated rings. The van der Waals surface area contributed by atoms with Crippen LogP contribution in [0.5, 0.6) is 11.5 Å². The van der Waals surface area contributed by atoms with Crippen LogP contribution in [-0.4, -0.2) is 60.1 Å². The molecule has 33 heavy (non-hydrogen) atoms. The summed E-state index contributed by atoms with van der Waals surface area (Å²) >= 11 is 0. The number of fused-ring (bicyclic) bond motifs is 1. The molecular weight excluding hydrogens is 432 g/mol. The average molecular weight is 454 g/mol. The van der Waals surface area contributed by atoms with Crippen molar-refractivity contribution < 1.29 is 33.8 Å². The molecule has 0 bridgehead atoms. The van der Waals surface area contributed by atoms with Crippen LogP contribution in [-0.2, 0) is 14.3 Å². The summed E-state index contributed by atoms with van der Waals surface area (Å²) in [5, 5.41) is 22.5. The number of methoxy groups -OCH3 is 1. The maximum atomic E-state index is 13.0. The number of ether oxygens (including phenoxy) is 3. The Labute approximate surface area is 189 Å². The third kappa shape index (κ3) is 4.24. The third-order valence-electron chi connectivity index (χ3n) is 5.50. The molecule has 1 N–H and O–H groups in total. The van der Waals surface area contributed by atoms with Crippen LogP contribution < -0.4 is 9.47 Å². The lowest BCUT2D eigenvalue weighted by atomic mass is 9.94. The number of carbonyl (C=O) groups excluding carboxylic acids is 2. The summed E-state index contributed by atoms with van der Waals surface area (Å²) in [7, 11) is 1.52. The van der Waals surface area contributed by atoms with Crippen LogP contribution in [0.1, 0.15) is 23.6 Å². The SMILES string of the molecule is COCCCN1C(=O)C(=O)C(=C(O)c2ccc3c(c2)OCCO3)C1c1cccc([N+](=O)[O-])c1. The van der Waals surface area contributed by atoms with Gasteiger partial charge in [-0.15, -0.1) is 0 Å². The normalized spacial score (nSPS) is 19.1. The Bertz CT molecular complexity index is 1140. The second kappa shape index (κ2) is 9.29. The minimum atomic E-state index is -0.991. The molecule has 10 nitrogen and oxygen atoms in total. The van der Waals surface area contributed by atoms with Crippen molar-refractivity contribution in [2.45, 2.75) is 12.5 Å². The standard InChI is InChI=1S/C23H22N2O8/c1-31-9-3-8-24-20(14-4-2-5-16(12-14)25(29)30)19(22(27)23(24)28)21(26)15-6-7-17-18(13-15)33-11-10-32-17/h2,4-7,12-13,20,26H,3,8-11H2,1H3. The lowest BCUT2D eigenvalue weighted by molar-refractivity contribution is -0.384. The Balaban J connectivity index is 1.83. The smallest absolute Gasteiger partial charge is 0.295 e. The molecule has 1 saturated heterocycles. The Kier molecular flexibility index (Phi) is 6.27. The Morgan fingerprint density at radius 1 is 1.18 bits per heavy atom. The van der Waals surface area contributed by atoms with Crippen molar-refractivity contribution in [3.8, 4) is 11.5 Å². The van der Waals surface area contributed by atoms with Crippen LogP contribution in [0.25, 0.3) is 5.76 Å². The van der Waals surface area contributed by atoms with Crippen molar-refractivity contribution in [2.24, 2.45) is 0 Å². The highest BCUT2D eigenvalue weighted by molar-refractivity contribution is 6.46. The number of nitro benzene ring substituents is 1. The zero-order valence-electron chi connectivity index (χ0n) is 17.9. The van der Waals surface area contributed by atoms with Crippen molar-refractivity contribution in [2.75, 3.05) is 33.5 Å². The first-order valence-corrected chi connectivity index (χ1v) is 10.3. The molecule has 0 radical (unpaired) electrons. The van der Waals surface area contributed by atoms with E-state index in [0.717, 1.165) is 0 Å². The van der Waals surface area contributed by atoms with Gasteiger partial charge in [0.15, 0.2) is 11.5 Å². The first-order valence-electron chi connectivity index (χ1n) is 10.3. The summed E-state index contributed by atoms with van der Waals surface area (Å²) in [5.41, 5.74) is 0.286. The van der Waals surface area contributed by atoms with E-state index in [1.165, 1.54) is 36.3 Å². The Morgan fingerprint density at radius 2 is 1.94 bits per heavy atom. The van der Waals surface area contributed by atoms with E-state index in [1.54, 1.807) is 18.2 Å². The minimum Gasteiger partial charge on any atom is -0.507 e. The molecule has 4 rings (SSSR count). The molecule has 2 aliphatic rings. The van der Waals surface area contributed by atoms with Gasteiger partial charge >= 0.3 is 0 Å². The monoisotopic (exact) mass is 454 g/mol. The fourth-order valence-corrected chi connectivity index (χ4v) is 3.99. The van der Waals surface area contributed by atoms with Gasteiger partial charge in [0.1, 0.15) is 19.0 Å². The van der Waals surface area contributed by atoms with E-state index in [0.29, 0.717) is 43.3 Å². The molecule has 0 spiro atoms. The van der Waals surface area contributed by atoms with Crippen LogP contribution in [0.4, 0.5) is 5.69 Å². The number of amides is 1. The number of hydrogen-bond donors (Lipinski definition) is 1. The Hall–Kier alpha value is -3.92. The number of nitro groups is 1. The number of aliphatic hydroxyl groups is 1. The van der Waals surface area contributed by atoms with E-state index in [4.69, 9.17) is 14.2 Å². The number of ketones is 1. The van der Waals surface area contributed by atoms with Crippen molar-refractivity contribution >= 4 is 23.1 Å². The predicted molar refractivity (Wildman–Crippen MR) is 116 cm³/mol. The number of hydrogen-bond acceptors (Lipinski definition) is 8. The lowest BCUT2D eigenvalue weighted by Crippen LogP contribution is -2.31. The van der Waals surface area contributed by atoms with E-state index in [1.807, 2.05) is 0 Å². The van der Waals surface area contributed by atoms with Crippen LogP contribution in [0.2, 0.25) is 0 Å². The number of likely N-dealkylation sites (tertiary alicyclic amines) is 1. The molecule has 2 aromatic rings. The molecule has 1 atom stereocenters. The molecule has 0 saturated carbocycles. The topological polar surface area (TPSA) is 128 Å². The quantitative estimate of drug-likeness (QED) is 0.169. The van der Waals surface area contributed by atoms with Gasteiger partial charge < -0.3 is 24.2 Å². The van der Waals surface area contributed by atoms with Gasteiger partial charge in [-0.1, -0.05) is 12.1 Å². The van der Waals surface area contributed by atoms with Crippen molar-refractivity contribution in [3.05, 3.63) is 69.3 Å². The maximum Gasteiger partial charge on any atom is 0.295 e. The van der Waals surface area contributed by atoms with Crippen molar-refractivity contribution in [3.63, 3.8) is 0 Å². The van der Waals surface area contributed by atoms with Gasteiger partial charge in [0.25, 0.3) is 17.4 Å². The number of non-ortho nitro benzene ring substituents is 1. The zero-order chi connectivity index (χ0) is 23.5. The van der Waals surface area contributed by atoms with Crippen molar-refractivity contribution in [1.82, 2.24) is 4.90 Å². The van der Waals surface area contributed by atoms with Crippen LogP contribution in [0, 0.1) is 10.1 Å². The van der Waals surface area contributed by atoms with Gasteiger partial charge in [-0.3, -0.25) is 19.7 Å². The van der Waals surface area contributed by atoms with E-state index in [9.17, 15) is 24.8 Å². The fourth-order valence-electron chi connectivity index (χ4n) is 3.99. The van der Waals surface area contributed by atoms with E-state index >= 15 is 0 Å². The van der Waals surface area contributed by atoms with E-state index < -0.39 is 28.4 Å². The summed E-state index contributed by atoms with van der Waals surface area (Å²) < 4.78 is 16.1. The third-order valence-corrected chi connectivity index (χ3v) is 5.50. The first-order chi connectivity index (χ1) is 15.9. The summed E-state index contributed by atoms with van der Waals surface area (Å²) in [5.74, 6) is -1.13. The molecule has 1 amide bonds. The second-order valence-electron chi connectivity index (χ2n) is 7.55. The Morgan fingerprint density at radius 3 is 2.67 bits per heavy atom. The van der Waals surface area contributed by atoms with Gasteiger partial charge in [-0.2, -0.15) is 0 Å². The van der Waals surface area contributed by atoms with Gasteiger partial charge in [0, 0.05) is 38.0 Å². The highest BCUT2D eigenvalue weighted by atomic mass is 16.6. The van der Waals surface area contributed by atoms with Crippen LogP contribution in [0.3, 0.4) is 0 Å². The van der Waals surface area contributed by atoms with E-state index in [2.05, 4.69) is 0 Å².